The van der Waals surface area contributed by atoms with Crippen LogP contribution >= 0.6 is 27.5 Å². The highest BCUT2D eigenvalue weighted by atomic mass is 79.9. The maximum absolute atomic E-state index is 13.7. The van der Waals surface area contributed by atoms with Crippen molar-refractivity contribution in [3.63, 3.8) is 0 Å². The Morgan fingerprint density at radius 2 is 0.547 bits per heavy atom. The van der Waals surface area contributed by atoms with Gasteiger partial charge in [-0.05, 0) is 267 Å². The lowest BCUT2D eigenvalue weighted by atomic mass is 9.91. The third kappa shape index (κ3) is 22.3. The standard InChI is InChI=1S/C26H25BrFN3O.C26H25ClFN3O.C26H25F2N3O.C26H26FN3O2/c3*27-19-8-5-17(6-9-19)14-24(32)31-26-23(13-16-3-1-2-4-16)29-25-21-11-10-20(28)15-18(21)7-12-22(25)30-26;27-19-8-11-21-18(15-19)7-12-22-25(21)28-23(13-16-3-1-2-4-16)26(29-22)30-24(32)14-17-5-9-20(31)10-6-17/h3*5-6,8-11,15-16H,1-4,7,12-14H2,(H,30,31,32);5-6,8-11,15-16,31H,1-4,7,12-14H2,(H,29,30,32). The van der Waals surface area contributed by atoms with E-state index in [4.69, 9.17) is 51.5 Å². The summed E-state index contributed by atoms with van der Waals surface area (Å²) in [6.07, 6.45) is 28.8. The Bertz CT molecular complexity index is 5360. The predicted molar refractivity (Wildman–Crippen MR) is 491 cm³/mol. The van der Waals surface area contributed by atoms with Crippen LogP contribution in [0.5, 0.6) is 5.75 Å². The Labute approximate surface area is 755 Å². The first kappa shape index (κ1) is 88.2. The molecular formula is C104H101BrClF5N12O5. The molecule has 128 heavy (non-hydrogen) atoms. The molecule has 0 unspecified atom stereocenters. The van der Waals surface area contributed by atoms with Crippen LogP contribution in [0.4, 0.5) is 45.2 Å². The van der Waals surface area contributed by atoms with E-state index < -0.39 is 0 Å². The Morgan fingerprint density at radius 3 is 0.812 bits per heavy atom. The van der Waals surface area contributed by atoms with Crippen LogP contribution in [0.15, 0.2) is 174 Å². The lowest BCUT2D eigenvalue weighted by Gasteiger charge is -2.22. The monoisotopic (exact) mass is 1810 g/mol. The number of fused-ring (bicyclic) bond motifs is 12. The number of nitrogens with zero attached hydrogens (tertiary/aromatic N) is 8. The average Bonchev–Trinajstić information content (AvgIpc) is 1.10. The molecule has 4 aromatic heterocycles. The quantitative estimate of drug-likeness (QED) is 0.0447. The fourth-order valence-electron chi connectivity index (χ4n) is 19.4. The van der Waals surface area contributed by atoms with Crippen molar-refractivity contribution in [1.29, 1.82) is 0 Å². The smallest absolute Gasteiger partial charge is 0.229 e. The molecule has 8 aliphatic carbocycles. The number of aromatic hydroxyl groups is 1. The highest BCUT2D eigenvalue weighted by Gasteiger charge is 2.32. The van der Waals surface area contributed by atoms with E-state index in [1.807, 2.05) is 42.5 Å². The minimum Gasteiger partial charge on any atom is -0.508 e. The van der Waals surface area contributed by atoms with Crippen LogP contribution in [-0.2, 0) is 122 Å². The molecule has 17 nitrogen and oxygen atoms in total. The van der Waals surface area contributed by atoms with Crippen LogP contribution < -0.4 is 21.3 Å². The average molecular weight is 1810 g/mol. The van der Waals surface area contributed by atoms with Crippen LogP contribution in [0.3, 0.4) is 0 Å². The molecule has 24 heteroatoms. The third-order valence-electron chi connectivity index (χ3n) is 26.0. The summed E-state index contributed by atoms with van der Waals surface area (Å²) >= 11 is 9.38. The second-order valence-corrected chi connectivity index (χ2v) is 36.7. The van der Waals surface area contributed by atoms with E-state index in [1.54, 1.807) is 91.0 Å². The summed E-state index contributed by atoms with van der Waals surface area (Å²) in [4.78, 5) is 90.5. The number of aromatic nitrogens is 8. The molecular weight excluding hydrogens is 1710 g/mol. The van der Waals surface area contributed by atoms with E-state index >= 15 is 0 Å². The fraction of sp³-hybridized carbons (Fsp3) is 0.346. The van der Waals surface area contributed by atoms with Crippen molar-refractivity contribution in [2.24, 2.45) is 23.7 Å². The molecule has 0 radical (unpaired) electrons. The number of nitrogens with one attached hydrogen (secondary N) is 4. The van der Waals surface area contributed by atoms with Crippen LogP contribution in [0.25, 0.3) is 45.0 Å². The van der Waals surface area contributed by atoms with Crippen LogP contribution in [-0.4, -0.2) is 68.6 Å². The lowest BCUT2D eigenvalue weighted by molar-refractivity contribution is -0.116. The molecule has 656 valence electrons. The van der Waals surface area contributed by atoms with Gasteiger partial charge in [-0.25, -0.2) is 61.8 Å². The molecule has 4 heterocycles. The molecule has 4 fully saturated rings. The van der Waals surface area contributed by atoms with Crippen molar-refractivity contribution < 1.29 is 46.2 Å². The molecule has 8 aromatic carbocycles. The zero-order valence-electron chi connectivity index (χ0n) is 71.4. The van der Waals surface area contributed by atoms with Gasteiger partial charge in [0.25, 0.3) is 0 Å². The van der Waals surface area contributed by atoms with E-state index in [9.17, 15) is 46.2 Å². The first-order chi connectivity index (χ1) is 62.2. The molecule has 0 spiro atoms. The lowest BCUT2D eigenvalue weighted by Crippen LogP contribution is -2.20. The Kier molecular flexibility index (Phi) is 28.0. The summed E-state index contributed by atoms with van der Waals surface area (Å²) in [5.41, 5.74) is 21.0. The SMILES string of the molecule is O=C(Cc1ccc(Br)cc1)Nc1nc2c(nc1CC1CCCC1)-c1ccc(F)cc1CC2.O=C(Cc1ccc(Cl)cc1)Nc1nc2c(nc1CC1CCCC1)-c1ccc(F)cc1CC2.O=C(Cc1ccc(F)cc1)Nc1nc2c(nc1CC1CCCC1)-c1ccc(F)cc1CC2.O=C(Cc1ccc(O)cc1)Nc1nc2c(nc1CC1CCCC1)-c1ccc(F)cc1CC2. The van der Waals surface area contributed by atoms with E-state index in [1.165, 1.54) is 126 Å². The van der Waals surface area contributed by atoms with Crippen molar-refractivity contribution in [2.45, 2.75) is 205 Å². The molecule has 4 saturated carbocycles. The van der Waals surface area contributed by atoms with E-state index in [2.05, 4.69) is 37.2 Å². The van der Waals surface area contributed by atoms with Crippen LogP contribution in [0, 0.1) is 52.8 Å². The van der Waals surface area contributed by atoms with Crippen LogP contribution in [0.2, 0.25) is 5.02 Å². The number of anilines is 4. The Balaban J connectivity index is 0.000000120. The molecule has 0 bridgehead atoms. The molecule has 0 atom stereocenters. The van der Waals surface area contributed by atoms with E-state index in [-0.39, 0.29) is 84.1 Å². The van der Waals surface area contributed by atoms with Gasteiger partial charge >= 0.3 is 0 Å². The Morgan fingerprint density at radius 1 is 0.312 bits per heavy atom. The van der Waals surface area contributed by atoms with Gasteiger partial charge < -0.3 is 26.4 Å². The number of hydrogen-bond acceptors (Lipinski definition) is 13. The molecule has 20 rings (SSSR count). The number of phenols is 1. The first-order valence-corrected chi connectivity index (χ1v) is 46.3. The molecule has 5 N–H and O–H groups in total. The van der Waals surface area contributed by atoms with Crippen molar-refractivity contribution in [3.05, 3.63) is 298 Å². The maximum Gasteiger partial charge on any atom is 0.229 e. The molecule has 8 aliphatic rings. The van der Waals surface area contributed by atoms with Gasteiger partial charge in [-0.2, -0.15) is 0 Å². The number of carbonyl (C=O) groups is 4. The van der Waals surface area contributed by atoms with Gasteiger partial charge in [0.2, 0.25) is 23.6 Å². The highest BCUT2D eigenvalue weighted by molar-refractivity contribution is 9.10. The van der Waals surface area contributed by atoms with Gasteiger partial charge in [-0.3, -0.25) is 19.2 Å². The summed E-state index contributed by atoms with van der Waals surface area (Å²) in [6, 6.07) is 47.1. The summed E-state index contributed by atoms with van der Waals surface area (Å²) in [7, 11) is 0. The normalized spacial score (nSPS) is 15.3. The maximum atomic E-state index is 13.7. The minimum atomic E-state index is -0.325. The Hall–Kier alpha value is -11.8. The van der Waals surface area contributed by atoms with E-state index in [0.29, 0.717) is 90.5 Å². The van der Waals surface area contributed by atoms with Gasteiger partial charge in [0.15, 0.2) is 23.3 Å². The number of phenolic OH excluding ortho intramolecular Hbond substituents is 1. The summed E-state index contributed by atoms with van der Waals surface area (Å²) < 4.78 is 69.1. The van der Waals surface area contributed by atoms with Crippen molar-refractivity contribution in [2.75, 3.05) is 21.3 Å². The van der Waals surface area contributed by atoms with Gasteiger partial charge in [-0.1, -0.05) is 179 Å². The fourth-order valence-corrected chi connectivity index (χ4v) is 19.8. The van der Waals surface area contributed by atoms with Gasteiger partial charge in [0.1, 0.15) is 34.8 Å². The second kappa shape index (κ2) is 40.7. The zero-order valence-corrected chi connectivity index (χ0v) is 73.7. The van der Waals surface area contributed by atoms with Crippen molar-refractivity contribution in [3.8, 4) is 50.8 Å². The first-order valence-electron chi connectivity index (χ1n) is 45.1. The van der Waals surface area contributed by atoms with Crippen LogP contribution in [0.1, 0.15) is 193 Å². The number of amides is 4. The largest absolute Gasteiger partial charge is 0.508 e. The van der Waals surface area contributed by atoms with E-state index in [0.717, 1.165) is 191 Å². The topological polar surface area (TPSA) is 240 Å². The predicted octanol–water partition coefficient (Wildman–Crippen LogP) is 22.4. The molecule has 4 amide bonds. The number of hydrogen-bond donors (Lipinski definition) is 5. The minimum absolute atomic E-state index is 0.0903. The molecule has 12 aromatic rings. The third-order valence-corrected chi connectivity index (χ3v) is 26.7. The second-order valence-electron chi connectivity index (χ2n) is 35.3. The highest BCUT2D eigenvalue weighted by Crippen LogP contribution is 2.42. The number of benzene rings is 8. The van der Waals surface area contributed by atoms with Gasteiger partial charge in [-0.15, -0.1) is 0 Å². The summed E-state index contributed by atoms with van der Waals surface area (Å²) in [5.74, 6) is 2.81. The zero-order chi connectivity index (χ0) is 88.3. The summed E-state index contributed by atoms with van der Waals surface area (Å²) in [6.45, 7) is 0. The van der Waals surface area contributed by atoms with Gasteiger partial charge in [0.05, 0.1) is 94.0 Å². The molecule has 0 aliphatic heterocycles. The van der Waals surface area contributed by atoms with Crippen molar-refractivity contribution in [1.82, 2.24) is 39.9 Å². The number of aryl methyl sites for hydroxylation is 8. The number of carbonyl (C=O) groups excluding carboxylic acids is 4. The molecule has 0 saturated heterocycles. The van der Waals surface area contributed by atoms with Gasteiger partial charge in [0, 0.05) is 31.7 Å². The summed E-state index contributed by atoms with van der Waals surface area (Å²) in [5, 5.41) is 22.1. The van der Waals surface area contributed by atoms with Crippen molar-refractivity contribution >= 4 is 74.4 Å². The number of rotatable bonds is 20. The number of halogens is 7.